The molecule has 20 heavy (non-hydrogen) atoms. The molecular formula is C12H16Br2N2O3S. The van der Waals surface area contributed by atoms with Crippen molar-refractivity contribution in [3.8, 4) is 0 Å². The molecule has 4 N–H and O–H groups in total. The van der Waals surface area contributed by atoms with Gasteiger partial charge in [0.2, 0.25) is 10.0 Å². The highest BCUT2D eigenvalue weighted by Crippen LogP contribution is 2.32. The lowest BCUT2D eigenvalue weighted by Crippen LogP contribution is -2.29. The predicted molar refractivity (Wildman–Crippen MR) is 84.8 cm³/mol. The van der Waals surface area contributed by atoms with Crippen molar-refractivity contribution >= 4 is 47.6 Å². The first-order valence-corrected chi connectivity index (χ1v) is 9.29. The molecule has 1 saturated carbocycles. The Morgan fingerprint density at radius 1 is 1.35 bits per heavy atom. The lowest BCUT2D eigenvalue weighted by Gasteiger charge is -2.14. The fraction of sp³-hybridized carbons (Fsp3) is 0.500. The number of nitrogens with two attached hydrogens (primary N) is 1. The molecule has 0 spiro atoms. The van der Waals surface area contributed by atoms with Gasteiger partial charge < -0.3 is 10.8 Å². The standard InChI is InChI=1S/C12H16Br2N2O3S/c13-8-4-10(14)12(11(15)5-8)20(18,19)16-6-7-1-2-9(17)3-7/h4-5,7,9,16-17H,1-3,6,15H2. The summed E-state index contributed by atoms with van der Waals surface area (Å²) in [4.78, 5) is 0.0549. The van der Waals surface area contributed by atoms with E-state index in [0.29, 0.717) is 21.9 Å². The van der Waals surface area contributed by atoms with Crippen molar-refractivity contribution < 1.29 is 13.5 Å². The molecule has 2 unspecified atom stereocenters. The van der Waals surface area contributed by atoms with Crippen LogP contribution in [0.1, 0.15) is 19.3 Å². The number of benzene rings is 1. The van der Waals surface area contributed by atoms with Gasteiger partial charge in [-0.05, 0) is 53.2 Å². The Morgan fingerprint density at radius 3 is 2.60 bits per heavy atom. The second-order valence-electron chi connectivity index (χ2n) is 4.99. The van der Waals surface area contributed by atoms with E-state index in [0.717, 1.165) is 12.8 Å². The summed E-state index contributed by atoms with van der Waals surface area (Å²) >= 11 is 6.49. The molecule has 1 aliphatic rings. The molecule has 2 atom stereocenters. The Labute approximate surface area is 135 Å². The van der Waals surface area contributed by atoms with Crippen LogP contribution in [0.25, 0.3) is 0 Å². The van der Waals surface area contributed by atoms with Gasteiger partial charge in [-0.15, -0.1) is 0 Å². The minimum atomic E-state index is -3.67. The van der Waals surface area contributed by atoms with Crippen molar-refractivity contribution in [2.45, 2.75) is 30.3 Å². The maximum atomic E-state index is 12.3. The third kappa shape index (κ3) is 3.73. The van der Waals surface area contributed by atoms with Gasteiger partial charge in [-0.2, -0.15) is 0 Å². The van der Waals surface area contributed by atoms with Crippen molar-refractivity contribution in [3.05, 3.63) is 21.1 Å². The molecule has 0 bridgehead atoms. The number of halogens is 2. The summed E-state index contributed by atoms with van der Waals surface area (Å²) < 4.78 is 28.4. The molecule has 1 aromatic carbocycles. The number of hydrogen-bond acceptors (Lipinski definition) is 4. The van der Waals surface area contributed by atoms with Gasteiger partial charge in [0.05, 0.1) is 11.8 Å². The van der Waals surface area contributed by atoms with Crippen LogP contribution in [-0.4, -0.2) is 26.2 Å². The zero-order valence-corrected chi connectivity index (χ0v) is 14.6. The average Bonchev–Trinajstić information content (AvgIpc) is 2.71. The molecule has 0 amide bonds. The van der Waals surface area contributed by atoms with Gasteiger partial charge in [0, 0.05) is 15.5 Å². The van der Waals surface area contributed by atoms with E-state index in [2.05, 4.69) is 36.6 Å². The third-order valence-corrected chi connectivity index (χ3v) is 6.27. The van der Waals surface area contributed by atoms with Gasteiger partial charge in [-0.3, -0.25) is 0 Å². The molecule has 0 saturated heterocycles. The average molecular weight is 428 g/mol. The second kappa shape index (κ2) is 6.31. The Kier molecular flexibility index (Phi) is 5.12. The zero-order valence-electron chi connectivity index (χ0n) is 10.6. The normalized spacial score (nSPS) is 23.1. The van der Waals surface area contributed by atoms with E-state index in [1.165, 1.54) is 0 Å². The van der Waals surface area contributed by atoms with Crippen LogP contribution >= 0.6 is 31.9 Å². The van der Waals surface area contributed by atoms with E-state index in [-0.39, 0.29) is 22.6 Å². The van der Waals surface area contributed by atoms with E-state index >= 15 is 0 Å². The molecular weight excluding hydrogens is 412 g/mol. The molecule has 0 aromatic heterocycles. The molecule has 0 radical (unpaired) electrons. The number of aliphatic hydroxyl groups excluding tert-OH is 1. The van der Waals surface area contributed by atoms with Gasteiger partial charge in [0.1, 0.15) is 4.90 Å². The fourth-order valence-electron chi connectivity index (χ4n) is 2.40. The number of aliphatic hydroxyl groups is 1. The molecule has 0 heterocycles. The monoisotopic (exact) mass is 426 g/mol. The Morgan fingerprint density at radius 2 is 2.05 bits per heavy atom. The predicted octanol–water partition coefficient (Wildman–Crippen LogP) is 2.23. The number of rotatable bonds is 4. The highest BCUT2D eigenvalue weighted by Gasteiger charge is 2.26. The summed E-state index contributed by atoms with van der Waals surface area (Å²) in [7, 11) is -3.67. The first-order chi connectivity index (χ1) is 9.29. The number of nitrogens with one attached hydrogen (secondary N) is 1. The molecule has 1 fully saturated rings. The highest BCUT2D eigenvalue weighted by molar-refractivity contribution is 9.11. The van der Waals surface area contributed by atoms with Crippen LogP contribution in [0.2, 0.25) is 0 Å². The Bertz CT molecular complexity index is 584. The summed E-state index contributed by atoms with van der Waals surface area (Å²) in [6.45, 7) is 0.321. The number of sulfonamides is 1. The topological polar surface area (TPSA) is 92.4 Å². The fourth-order valence-corrected chi connectivity index (χ4v) is 5.58. The van der Waals surface area contributed by atoms with Crippen molar-refractivity contribution in [1.29, 1.82) is 0 Å². The van der Waals surface area contributed by atoms with E-state index in [9.17, 15) is 13.5 Å². The van der Waals surface area contributed by atoms with Gasteiger partial charge >= 0.3 is 0 Å². The summed E-state index contributed by atoms with van der Waals surface area (Å²) in [6, 6.07) is 3.20. The lowest BCUT2D eigenvalue weighted by atomic mass is 10.1. The maximum Gasteiger partial charge on any atom is 0.243 e. The van der Waals surface area contributed by atoms with E-state index < -0.39 is 10.0 Å². The summed E-state index contributed by atoms with van der Waals surface area (Å²) in [6.07, 6.45) is 1.89. The smallest absolute Gasteiger partial charge is 0.243 e. The van der Waals surface area contributed by atoms with Crippen LogP contribution in [0.3, 0.4) is 0 Å². The molecule has 5 nitrogen and oxygen atoms in total. The van der Waals surface area contributed by atoms with Crippen LogP contribution in [0, 0.1) is 5.92 Å². The first-order valence-electron chi connectivity index (χ1n) is 6.22. The van der Waals surface area contributed by atoms with Gasteiger partial charge in [0.15, 0.2) is 0 Å². The summed E-state index contributed by atoms with van der Waals surface area (Å²) in [5, 5.41) is 9.45. The molecule has 8 heteroatoms. The molecule has 2 rings (SSSR count). The van der Waals surface area contributed by atoms with Crippen LogP contribution in [-0.2, 0) is 10.0 Å². The number of hydrogen-bond donors (Lipinski definition) is 3. The number of nitrogen functional groups attached to an aromatic ring is 1. The SMILES string of the molecule is Nc1cc(Br)cc(Br)c1S(=O)(=O)NCC1CCC(O)C1. The first kappa shape index (κ1) is 16.2. The van der Waals surface area contributed by atoms with E-state index in [4.69, 9.17) is 5.73 Å². The lowest BCUT2D eigenvalue weighted by molar-refractivity contribution is 0.178. The minimum Gasteiger partial charge on any atom is -0.398 e. The van der Waals surface area contributed by atoms with Crippen molar-refractivity contribution in [1.82, 2.24) is 4.72 Å². The van der Waals surface area contributed by atoms with Crippen LogP contribution < -0.4 is 10.5 Å². The highest BCUT2D eigenvalue weighted by atomic mass is 79.9. The quantitative estimate of drug-likeness (QED) is 0.642. The van der Waals surface area contributed by atoms with Crippen molar-refractivity contribution in [2.24, 2.45) is 5.92 Å². The maximum absolute atomic E-state index is 12.3. The van der Waals surface area contributed by atoms with Crippen LogP contribution in [0.5, 0.6) is 0 Å². The van der Waals surface area contributed by atoms with Gasteiger partial charge in [-0.1, -0.05) is 15.9 Å². The molecule has 0 aliphatic heterocycles. The Balaban J connectivity index is 2.15. The molecule has 1 aliphatic carbocycles. The van der Waals surface area contributed by atoms with Crippen LogP contribution in [0.15, 0.2) is 26.0 Å². The zero-order chi connectivity index (χ0) is 14.9. The second-order valence-corrected chi connectivity index (χ2v) is 8.46. The molecule has 1 aromatic rings. The molecule has 112 valence electrons. The van der Waals surface area contributed by atoms with Crippen molar-refractivity contribution in [3.63, 3.8) is 0 Å². The summed E-state index contributed by atoms with van der Waals surface area (Å²) in [5.74, 6) is 0.176. The van der Waals surface area contributed by atoms with Gasteiger partial charge in [0.25, 0.3) is 0 Å². The van der Waals surface area contributed by atoms with E-state index in [1.807, 2.05) is 0 Å². The summed E-state index contributed by atoms with van der Waals surface area (Å²) in [5.41, 5.74) is 5.98. The van der Waals surface area contributed by atoms with E-state index in [1.54, 1.807) is 12.1 Å². The van der Waals surface area contributed by atoms with Crippen molar-refractivity contribution in [2.75, 3.05) is 12.3 Å². The van der Waals surface area contributed by atoms with Gasteiger partial charge in [-0.25, -0.2) is 13.1 Å². The third-order valence-electron chi connectivity index (χ3n) is 3.38. The minimum absolute atomic E-state index is 0.0549. The van der Waals surface area contributed by atoms with Crippen LogP contribution in [0.4, 0.5) is 5.69 Å². The Hall–Kier alpha value is -0.150. The largest absolute Gasteiger partial charge is 0.398 e. The number of anilines is 1.